The molecule has 0 amide bonds. The molecule has 1 N–H and O–H groups in total. The second kappa shape index (κ2) is 6.47. The molecule has 0 aromatic carbocycles. The van der Waals surface area contributed by atoms with Crippen LogP contribution in [-0.2, 0) is 12.8 Å². The minimum absolute atomic E-state index is 0.712. The number of aryl methyl sites for hydroxylation is 1. The molecule has 17 heavy (non-hydrogen) atoms. The van der Waals surface area contributed by atoms with E-state index in [0.717, 1.165) is 25.9 Å². The number of thiazole rings is 1. The zero-order valence-electron chi connectivity index (χ0n) is 10.9. The fraction of sp³-hybridized carbons (Fsp3) is 0.769. The zero-order valence-corrected chi connectivity index (χ0v) is 11.7. The minimum Gasteiger partial charge on any atom is -0.314 e. The molecule has 0 aliphatic carbocycles. The number of nitrogens with zero attached hydrogens (tertiary/aromatic N) is 2. The van der Waals surface area contributed by atoms with Crippen LogP contribution in [0.3, 0.4) is 0 Å². The Morgan fingerprint density at radius 1 is 1.47 bits per heavy atom. The summed E-state index contributed by atoms with van der Waals surface area (Å²) in [4.78, 5) is 7.21. The fourth-order valence-electron chi connectivity index (χ4n) is 2.30. The van der Waals surface area contributed by atoms with Gasteiger partial charge in [-0.3, -0.25) is 0 Å². The van der Waals surface area contributed by atoms with Crippen molar-refractivity contribution in [2.75, 3.05) is 32.7 Å². The van der Waals surface area contributed by atoms with E-state index >= 15 is 0 Å². The molecule has 0 saturated carbocycles. The first-order valence-electron chi connectivity index (χ1n) is 6.64. The van der Waals surface area contributed by atoms with E-state index in [0.29, 0.717) is 5.92 Å². The van der Waals surface area contributed by atoms with Crippen molar-refractivity contribution >= 4 is 11.3 Å². The lowest BCUT2D eigenvalue weighted by molar-refractivity contribution is 0.211. The Bertz CT molecular complexity index is 331. The van der Waals surface area contributed by atoms with Crippen molar-refractivity contribution in [3.8, 4) is 0 Å². The van der Waals surface area contributed by atoms with Gasteiger partial charge in [0.25, 0.3) is 0 Å². The molecule has 0 bridgehead atoms. The highest BCUT2D eigenvalue weighted by Gasteiger charge is 2.14. The van der Waals surface area contributed by atoms with E-state index in [1.54, 1.807) is 0 Å². The number of aromatic nitrogens is 1. The highest BCUT2D eigenvalue weighted by atomic mass is 32.1. The van der Waals surface area contributed by atoms with Crippen LogP contribution >= 0.6 is 11.3 Å². The molecule has 1 unspecified atom stereocenters. The molecule has 1 saturated heterocycles. The maximum absolute atomic E-state index is 4.65. The van der Waals surface area contributed by atoms with E-state index in [9.17, 15) is 0 Å². The standard InChI is InChI=1S/C13H23N3S/c1-3-12-10-17-13(15-12)8-11(2)9-16-6-4-14-5-7-16/h10-11,14H,3-9H2,1-2H3. The van der Waals surface area contributed by atoms with E-state index in [4.69, 9.17) is 0 Å². The Kier molecular flexibility index (Phi) is 4.95. The van der Waals surface area contributed by atoms with Crippen LogP contribution in [0.5, 0.6) is 0 Å². The van der Waals surface area contributed by atoms with Gasteiger partial charge >= 0.3 is 0 Å². The molecular formula is C13H23N3S. The Hall–Kier alpha value is -0.450. The molecule has 0 spiro atoms. The third-order valence-electron chi connectivity index (χ3n) is 3.26. The fourth-order valence-corrected chi connectivity index (χ4v) is 3.34. The van der Waals surface area contributed by atoms with Crippen molar-refractivity contribution in [2.24, 2.45) is 5.92 Å². The highest BCUT2D eigenvalue weighted by molar-refractivity contribution is 7.09. The number of nitrogens with one attached hydrogen (secondary N) is 1. The second-order valence-electron chi connectivity index (χ2n) is 4.95. The van der Waals surface area contributed by atoms with E-state index in [1.807, 2.05) is 11.3 Å². The second-order valence-corrected chi connectivity index (χ2v) is 5.89. The van der Waals surface area contributed by atoms with Gasteiger partial charge in [0.1, 0.15) is 0 Å². The van der Waals surface area contributed by atoms with Gasteiger partial charge < -0.3 is 10.2 Å². The molecule has 1 atom stereocenters. The molecule has 1 aromatic rings. The van der Waals surface area contributed by atoms with Gasteiger partial charge in [0.15, 0.2) is 0 Å². The van der Waals surface area contributed by atoms with Crippen LogP contribution in [0, 0.1) is 5.92 Å². The van der Waals surface area contributed by atoms with Crippen LogP contribution in [0.15, 0.2) is 5.38 Å². The summed E-state index contributed by atoms with van der Waals surface area (Å²) in [6, 6.07) is 0. The predicted molar refractivity (Wildman–Crippen MR) is 73.7 cm³/mol. The van der Waals surface area contributed by atoms with E-state index < -0.39 is 0 Å². The quantitative estimate of drug-likeness (QED) is 0.867. The first-order valence-corrected chi connectivity index (χ1v) is 7.52. The van der Waals surface area contributed by atoms with Gasteiger partial charge in [0, 0.05) is 44.5 Å². The molecule has 1 aliphatic heterocycles. The number of piperazine rings is 1. The molecule has 4 heteroatoms. The lowest BCUT2D eigenvalue weighted by Crippen LogP contribution is -2.45. The molecule has 3 nitrogen and oxygen atoms in total. The van der Waals surface area contributed by atoms with Gasteiger partial charge in [-0.05, 0) is 12.3 Å². The van der Waals surface area contributed by atoms with Crippen LogP contribution in [-0.4, -0.2) is 42.6 Å². The minimum atomic E-state index is 0.712. The van der Waals surface area contributed by atoms with Gasteiger partial charge in [0.2, 0.25) is 0 Å². The van der Waals surface area contributed by atoms with Crippen molar-refractivity contribution in [3.05, 3.63) is 16.1 Å². The first-order chi connectivity index (χ1) is 8.28. The predicted octanol–water partition coefficient (Wildman–Crippen LogP) is 1.79. The SMILES string of the molecule is CCc1csc(CC(C)CN2CCNCC2)n1. The Labute approximate surface area is 108 Å². The van der Waals surface area contributed by atoms with Gasteiger partial charge in [-0.1, -0.05) is 13.8 Å². The van der Waals surface area contributed by atoms with Crippen LogP contribution in [0.25, 0.3) is 0 Å². The van der Waals surface area contributed by atoms with E-state index in [-0.39, 0.29) is 0 Å². The summed E-state index contributed by atoms with van der Waals surface area (Å²) >= 11 is 1.82. The van der Waals surface area contributed by atoms with Gasteiger partial charge in [-0.15, -0.1) is 11.3 Å². The van der Waals surface area contributed by atoms with Crippen molar-refractivity contribution in [1.82, 2.24) is 15.2 Å². The number of hydrogen-bond donors (Lipinski definition) is 1. The molecule has 2 heterocycles. The Morgan fingerprint density at radius 2 is 2.24 bits per heavy atom. The van der Waals surface area contributed by atoms with Crippen LogP contribution < -0.4 is 5.32 Å². The normalized spacial score (nSPS) is 19.4. The molecule has 1 fully saturated rings. The summed E-state index contributed by atoms with van der Waals surface area (Å²) in [5.41, 5.74) is 1.25. The first kappa shape index (κ1) is 13.0. The van der Waals surface area contributed by atoms with Gasteiger partial charge in [-0.2, -0.15) is 0 Å². The lowest BCUT2D eigenvalue weighted by atomic mass is 10.1. The lowest BCUT2D eigenvalue weighted by Gasteiger charge is -2.29. The number of hydrogen-bond acceptors (Lipinski definition) is 4. The number of rotatable bonds is 5. The smallest absolute Gasteiger partial charge is 0.0931 e. The van der Waals surface area contributed by atoms with E-state index in [2.05, 4.69) is 34.4 Å². The maximum atomic E-state index is 4.65. The molecule has 1 aliphatic rings. The third kappa shape index (κ3) is 4.05. The molecule has 1 aromatic heterocycles. The monoisotopic (exact) mass is 253 g/mol. The van der Waals surface area contributed by atoms with E-state index in [1.165, 1.54) is 30.3 Å². The molecular weight excluding hydrogens is 230 g/mol. The summed E-state index contributed by atoms with van der Waals surface area (Å²) < 4.78 is 0. The summed E-state index contributed by atoms with van der Waals surface area (Å²) in [5, 5.41) is 6.91. The average molecular weight is 253 g/mol. The summed E-state index contributed by atoms with van der Waals surface area (Å²) in [6.45, 7) is 10.4. The van der Waals surface area contributed by atoms with Crippen molar-refractivity contribution in [3.63, 3.8) is 0 Å². The van der Waals surface area contributed by atoms with Crippen LogP contribution in [0.1, 0.15) is 24.5 Å². The van der Waals surface area contributed by atoms with Crippen molar-refractivity contribution < 1.29 is 0 Å². The van der Waals surface area contributed by atoms with Crippen LogP contribution in [0.4, 0.5) is 0 Å². The summed E-state index contributed by atoms with van der Waals surface area (Å²) in [6.07, 6.45) is 2.19. The Morgan fingerprint density at radius 3 is 2.88 bits per heavy atom. The maximum Gasteiger partial charge on any atom is 0.0931 e. The largest absolute Gasteiger partial charge is 0.314 e. The third-order valence-corrected chi connectivity index (χ3v) is 4.18. The molecule has 96 valence electrons. The van der Waals surface area contributed by atoms with Crippen molar-refractivity contribution in [2.45, 2.75) is 26.7 Å². The average Bonchev–Trinajstić information content (AvgIpc) is 2.78. The van der Waals surface area contributed by atoms with Gasteiger partial charge in [0.05, 0.1) is 10.7 Å². The van der Waals surface area contributed by atoms with Gasteiger partial charge in [-0.25, -0.2) is 4.98 Å². The molecule has 0 radical (unpaired) electrons. The summed E-state index contributed by atoms with van der Waals surface area (Å²) in [7, 11) is 0. The Balaban J connectivity index is 1.77. The zero-order chi connectivity index (χ0) is 12.1. The van der Waals surface area contributed by atoms with Crippen molar-refractivity contribution in [1.29, 1.82) is 0 Å². The highest BCUT2D eigenvalue weighted by Crippen LogP contribution is 2.15. The molecule has 2 rings (SSSR count). The summed E-state index contributed by atoms with van der Waals surface area (Å²) in [5.74, 6) is 0.712. The van der Waals surface area contributed by atoms with Crippen LogP contribution in [0.2, 0.25) is 0 Å². The topological polar surface area (TPSA) is 28.2 Å².